The lowest BCUT2D eigenvalue weighted by Crippen LogP contribution is -2.42. The summed E-state index contributed by atoms with van der Waals surface area (Å²) in [4.78, 5) is 4.79. The molecule has 2 heterocycles. The Bertz CT molecular complexity index is 985. The number of pyridine rings is 1. The predicted molar refractivity (Wildman–Crippen MR) is 108 cm³/mol. The molecule has 1 aliphatic rings. The van der Waals surface area contributed by atoms with Crippen LogP contribution in [0.25, 0.3) is 11.0 Å². The maximum atomic E-state index is 9.60. The molecule has 1 aliphatic carbocycles. The zero-order valence-electron chi connectivity index (χ0n) is 15.2. The zero-order chi connectivity index (χ0) is 18.8. The first kappa shape index (κ1) is 17.4. The molecule has 4 rings (SSSR count). The standard InChI is InChI=1S/C21H24N6/c22-11-15-10-16-18(24)13-27(12-14-6-2-1-3-7-14)21(16)26-20(15)25-19-9-5-4-8-17(19)23/h1-3,6-7,10,13,17,19H,4-5,8-9,12,23-24H2,(H,25,26). The molecule has 2 atom stereocenters. The molecule has 6 heteroatoms. The monoisotopic (exact) mass is 360 g/mol. The first-order chi connectivity index (χ1) is 13.2. The maximum absolute atomic E-state index is 9.60. The Morgan fingerprint density at radius 3 is 2.74 bits per heavy atom. The molecule has 0 bridgehead atoms. The maximum Gasteiger partial charge on any atom is 0.146 e. The summed E-state index contributed by atoms with van der Waals surface area (Å²) < 4.78 is 2.03. The summed E-state index contributed by atoms with van der Waals surface area (Å²) in [6, 6.07) is 14.5. The Kier molecular flexibility index (Phi) is 4.69. The Morgan fingerprint density at radius 2 is 2.00 bits per heavy atom. The fraction of sp³-hybridized carbons (Fsp3) is 0.333. The van der Waals surface area contributed by atoms with Gasteiger partial charge in [0.2, 0.25) is 0 Å². The van der Waals surface area contributed by atoms with Gasteiger partial charge in [-0.15, -0.1) is 0 Å². The molecule has 0 saturated heterocycles. The van der Waals surface area contributed by atoms with Crippen LogP contribution in [0, 0.1) is 11.3 Å². The highest BCUT2D eigenvalue weighted by Crippen LogP contribution is 2.29. The van der Waals surface area contributed by atoms with E-state index in [0.717, 1.165) is 36.7 Å². The van der Waals surface area contributed by atoms with E-state index in [0.29, 0.717) is 23.6 Å². The number of anilines is 2. The lowest BCUT2D eigenvalue weighted by atomic mass is 9.91. The molecule has 0 aliphatic heterocycles. The summed E-state index contributed by atoms with van der Waals surface area (Å²) in [5.74, 6) is 0.597. The van der Waals surface area contributed by atoms with Crippen molar-refractivity contribution >= 4 is 22.5 Å². The largest absolute Gasteiger partial charge is 0.397 e. The molecule has 0 radical (unpaired) electrons. The van der Waals surface area contributed by atoms with Gasteiger partial charge in [0.25, 0.3) is 0 Å². The number of nitrogens with two attached hydrogens (primary N) is 2. The van der Waals surface area contributed by atoms with Crippen molar-refractivity contribution in [2.24, 2.45) is 5.73 Å². The van der Waals surface area contributed by atoms with Crippen LogP contribution in [-0.4, -0.2) is 21.6 Å². The van der Waals surface area contributed by atoms with E-state index in [1.54, 1.807) is 0 Å². The number of nitrogens with zero attached hydrogens (tertiary/aromatic N) is 3. The van der Waals surface area contributed by atoms with Gasteiger partial charge in [-0.2, -0.15) is 5.26 Å². The number of hydrogen-bond acceptors (Lipinski definition) is 5. The molecule has 0 amide bonds. The fourth-order valence-electron chi connectivity index (χ4n) is 3.84. The third-order valence-electron chi connectivity index (χ3n) is 5.34. The number of benzene rings is 1. The molecule has 2 aromatic heterocycles. The summed E-state index contributed by atoms with van der Waals surface area (Å²) >= 11 is 0. The van der Waals surface area contributed by atoms with E-state index < -0.39 is 0 Å². The molecule has 5 N–H and O–H groups in total. The average molecular weight is 360 g/mol. The van der Waals surface area contributed by atoms with Gasteiger partial charge in [-0.25, -0.2) is 4.98 Å². The van der Waals surface area contributed by atoms with Crippen LogP contribution >= 0.6 is 0 Å². The molecule has 27 heavy (non-hydrogen) atoms. The number of aromatic nitrogens is 2. The first-order valence-corrected chi connectivity index (χ1v) is 9.41. The summed E-state index contributed by atoms with van der Waals surface area (Å²) in [6.07, 6.45) is 6.19. The van der Waals surface area contributed by atoms with Crippen molar-refractivity contribution in [3.05, 3.63) is 53.7 Å². The zero-order valence-corrected chi connectivity index (χ0v) is 15.2. The van der Waals surface area contributed by atoms with Crippen LogP contribution in [-0.2, 0) is 6.54 Å². The molecule has 2 unspecified atom stereocenters. The van der Waals surface area contributed by atoms with Crippen molar-refractivity contribution in [3.63, 3.8) is 0 Å². The van der Waals surface area contributed by atoms with Crippen LogP contribution in [0.4, 0.5) is 11.5 Å². The van der Waals surface area contributed by atoms with E-state index in [9.17, 15) is 5.26 Å². The van der Waals surface area contributed by atoms with E-state index in [1.807, 2.05) is 35.0 Å². The minimum Gasteiger partial charge on any atom is -0.397 e. The van der Waals surface area contributed by atoms with Gasteiger partial charge in [0.05, 0.1) is 11.3 Å². The van der Waals surface area contributed by atoms with E-state index in [4.69, 9.17) is 16.5 Å². The van der Waals surface area contributed by atoms with Gasteiger partial charge in [-0.05, 0) is 24.5 Å². The molecule has 1 saturated carbocycles. The molecular formula is C21H24N6. The van der Waals surface area contributed by atoms with E-state index in [1.165, 1.54) is 5.56 Å². The first-order valence-electron chi connectivity index (χ1n) is 9.41. The number of nitriles is 1. The predicted octanol–water partition coefficient (Wildman–Crippen LogP) is 3.22. The Labute approximate surface area is 158 Å². The molecule has 6 nitrogen and oxygen atoms in total. The second-order valence-corrected chi connectivity index (χ2v) is 7.26. The molecule has 1 aromatic carbocycles. The highest BCUT2D eigenvalue weighted by Gasteiger charge is 2.23. The van der Waals surface area contributed by atoms with Crippen molar-refractivity contribution < 1.29 is 0 Å². The number of hydrogen-bond donors (Lipinski definition) is 3. The quantitative estimate of drug-likeness (QED) is 0.662. The van der Waals surface area contributed by atoms with Crippen molar-refractivity contribution in [3.8, 4) is 6.07 Å². The van der Waals surface area contributed by atoms with E-state index in [-0.39, 0.29) is 12.1 Å². The molecular weight excluding hydrogens is 336 g/mol. The highest BCUT2D eigenvalue weighted by atomic mass is 15.1. The second-order valence-electron chi connectivity index (χ2n) is 7.26. The van der Waals surface area contributed by atoms with Crippen LogP contribution < -0.4 is 16.8 Å². The SMILES string of the molecule is N#Cc1cc2c(N)cn(Cc3ccccc3)c2nc1NC1CCCCC1N. The van der Waals surface area contributed by atoms with Gasteiger partial charge in [0, 0.05) is 30.2 Å². The Morgan fingerprint density at radius 1 is 1.22 bits per heavy atom. The van der Waals surface area contributed by atoms with Gasteiger partial charge >= 0.3 is 0 Å². The average Bonchev–Trinajstić information content (AvgIpc) is 2.98. The smallest absolute Gasteiger partial charge is 0.146 e. The fourth-order valence-corrected chi connectivity index (χ4v) is 3.84. The normalized spacial score (nSPS) is 19.7. The third-order valence-corrected chi connectivity index (χ3v) is 5.34. The number of nitrogen functional groups attached to an aromatic ring is 1. The lowest BCUT2D eigenvalue weighted by Gasteiger charge is -2.30. The number of nitrogens with one attached hydrogen (secondary N) is 1. The Hall–Kier alpha value is -3.04. The van der Waals surface area contributed by atoms with E-state index in [2.05, 4.69) is 23.5 Å². The van der Waals surface area contributed by atoms with Crippen molar-refractivity contribution in [2.45, 2.75) is 44.3 Å². The highest BCUT2D eigenvalue weighted by molar-refractivity contribution is 5.92. The third kappa shape index (κ3) is 3.46. The van der Waals surface area contributed by atoms with Gasteiger partial charge in [0.1, 0.15) is 17.5 Å². The van der Waals surface area contributed by atoms with Gasteiger partial charge in [0.15, 0.2) is 0 Å². The van der Waals surface area contributed by atoms with Crippen LogP contribution in [0.3, 0.4) is 0 Å². The van der Waals surface area contributed by atoms with Crippen molar-refractivity contribution in [1.29, 1.82) is 5.26 Å². The van der Waals surface area contributed by atoms with Gasteiger partial charge < -0.3 is 21.4 Å². The topological polar surface area (TPSA) is 106 Å². The second kappa shape index (κ2) is 7.29. The van der Waals surface area contributed by atoms with Crippen molar-refractivity contribution in [1.82, 2.24) is 9.55 Å². The van der Waals surface area contributed by atoms with Gasteiger partial charge in [-0.3, -0.25) is 0 Å². The molecule has 138 valence electrons. The van der Waals surface area contributed by atoms with Crippen LogP contribution in [0.2, 0.25) is 0 Å². The van der Waals surface area contributed by atoms with Gasteiger partial charge in [-0.1, -0.05) is 43.2 Å². The lowest BCUT2D eigenvalue weighted by molar-refractivity contribution is 0.403. The molecule has 3 aromatic rings. The molecule has 1 fully saturated rings. The van der Waals surface area contributed by atoms with Crippen LogP contribution in [0.15, 0.2) is 42.6 Å². The van der Waals surface area contributed by atoms with Crippen LogP contribution in [0.5, 0.6) is 0 Å². The summed E-state index contributed by atoms with van der Waals surface area (Å²) in [5, 5.41) is 13.8. The summed E-state index contributed by atoms with van der Waals surface area (Å²) in [6.45, 7) is 0.676. The molecule has 0 spiro atoms. The summed E-state index contributed by atoms with van der Waals surface area (Å²) in [5.41, 5.74) is 15.6. The van der Waals surface area contributed by atoms with Crippen molar-refractivity contribution in [2.75, 3.05) is 11.1 Å². The number of rotatable bonds is 4. The number of fused-ring (bicyclic) bond motifs is 1. The minimum absolute atomic E-state index is 0.0870. The summed E-state index contributed by atoms with van der Waals surface area (Å²) in [7, 11) is 0. The van der Waals surface area contributed by atoms with Crippen LogP contribution in [0.1, 0.15) is 36.8 Å². The Balaban J connectivity index is 1.73. The minimum atomic E-state index is 0.0870. The van der Waals surface area contributed by atoms with E-state index >= 15 is 0 Å².